The third kappa shape index (κ3) is 3.57. The lowest BCUT2D eigenvalue weighted by molar-refractivity contribution is 0.0259. The first-order chi connectivity index (χ1) is 10.0. The van der Waals surface area contributed by atoms with Crippen LogP contribution in [0.1, 0.15) is 30.4 Å². The topological polar surface area (TPSA) is 41.7 Å². The van der Waals surface area contributed by atoms with E-state index in [1.807, 2.05) is 6.07 Å². The Morgan fingerprint density at radius 1 is 1.24 bits per heavy atom. The van der Waals surface area contributed by atoms with E-state index < -0.39 is 0 Å². The number of nitrogens with zero attached hydrogens (tertiary/aromatic N) is 2. The van der Waals surface area contributed by atoms with Crippen LogP contribution in [0.15, 0.2) is 18.2 Å². The minimum absolute atomic E-state index is 0.373. The molecule has 0 saturated heterocycles. The van der Waals surface area contributed by atoms with Gasteiger partial charge >= 0.3 is 0 Å². The van der Waals surface area contributed by atoms with Gasteiger partial charge in [0.15, 0.2) is 0 Å². The summed E-state index contributed by atoms with van der Waals surface area (Å²) in [4.78, 5) is 4.81. The van der Waals surface area contributed by atoms with Crippen LogP contribution in [0.4, 0.5) is 0 Å². The second kappa shape index (κ2) is 6.77. The van der Waals surface area contributed by atoms with Gasteiger partial charge in [-0.05, 0) is 58.1 Å². The van der Waals surface area contributed by atoms with Gasteiger partial charge in [0.05, 0.1) is 7.11 Å². The van der Waals surface area contributed by atoms with E-state index >= 15 is 0 Å². The van der Waals surface area contributed by atoms with Crippen molar-refractivity contribution in [3.05, 3.63) is 29.3 Å². The van der Waals surface area contributed by atoms with Gasteiger partial charge in [-0.15, -0.1) is 0 Å². The maximum absolute atomic E-state index is 5.80. The molecule has 1 aliphatic rings. The molecular weight excluding hydrogens is 262 g/mol. The molecule has 118 valence electrons. The summed E-state index contributed by atoms with van der Waals surface area (Å²) in [7, 11) is 8.30. The summed E-state index contributed by atoms with van der Waals surface area (Å²) in [5.41, 5.74) is 8.55. The van der Waals surface area contributed by atoms with Crippen molar-refractivity contribution in [1.82, 2.24) is 9.80 Å². The number of hydrogen-bond acceptors (Lipinski definition) is 4. The summed E-state index contributed by atoms with van der Waals surface area (Å²) >= 11 is 0. The van der Waals surface area contributed by atoms with Crippen molar-refractivity contribution in [2.24, 2.45) is 5.73 Å². The van der Waals surface area contributed by atoms with Crippen molar-refractivity contribution >= 4 is 0 Å². The number of hydrogen-bond donors (Lipinski definition) is 1. The Labute approximate surface area is 128 Å². The van der Waals surface area contributed by atoms with Crippen LogP contribution < -0.4 is 10.5 Å². The normalized spacial score (nSPS) is 17.1. The molecule has 0 unspecified atom stereocenters. The van der Waals surface area contributed by atoms with E-state index in [0.717, 1.165) is 24.4 Å². The fourth-order valence-electron chi connectivity index (χ4n) is 3.29. The highest BCUT2D eigenvalue weighted by Crippen LogP contribution is 2.36. The minimum Gasteiger partial charge on any atom is -0.496 e. The van der Waals surface area contributed by atoms with Crippen LogP contribution in [0.5, 0.6) is 5.75 Å². The van der Waals surface area contributed by atoms with E-state index in [1.165, 1.54) is 24.8 Å². The molecule has 4 heteroatoms. The smallest absolute Gasteiger partial charge is 0.123 e. The zero-order valence-electron chi connectivity index (χ0n) is 13.9. The van der Waals surface area contributed by atoms with Gasteiger partial charge in [0.2, 0.25) is 0 Å². The number of nitrogens with two attached hydrogens (primary N) is 1. The molecular formula is C17H29N3O. The summed E-state index contributed by atoms with van der Waals surface area (Å²) in [6, 6.07) is 6.33. The van der Waals surface area contributed by atoms with Crippen molar-refractivity contribution < 1.29 is 4.74 Å². The SMILES string of the molecule is COc1ccc(CN(C)CC2(N(C)C)CCC2)cc1CN. The third-order valence-corrected chi connectivity index (χ3v) is 4.81. The Hall–Kier alpha value is -1.10. The third-order valence-electron chi connectivity index (χ3n) is 4.81. The molecule has 0 amide bonds. The highest BCUT2D eigenvalue weighted by molar-refractivity contribution is 5.37. The molecule has 2 rings (SSSR count). The van der Waals surface area contributed by atoms with Crippen LogP contribution in [-0.4, -0.2) is 50.1 Å². The van der Waals surface area contributed by atoms with Gasteiger partial charge in [-0.1, -0.05) is 6.07 Å². The number of methoxy groups -OCH3 is 1. The molecule has 0 radical (unpaired) electrons. The van der Waals surface area contributed by atoms with E-state index in [4.69, 9.17) is 10.5 Å². The molecule has 1 aromatic rings. The molecule has 1 fully saturated rings. The van der Waals surface area contributed by atoms with Gasteiger partial charge in [-0.25, -0.2) is 0 Å². The average molecular weight is 291 g/mol. The second-order valence-corrected chi connectivity index (χ2v) is 6.49. The second-order valence-electron chi connectivity index (χ2n) is 6.49. The summed E-state index contributed by atoms with van der Waals surface area (Å²) in [5, 5.41) is 0. The molecule has 0 spiro atoms. The van der Waals surface area contributed by atoms with Gasteiger partial charge in [0.1, 0.15) is 5.75 Å². The Bertz CT molecular complexity index is 469. The lowest BCUT2D eigenvalue weighted by Gasteiger charge is -2.49. The monoisotopic (exact) mass is 291 g/mol. The van der Waals surface area contributed by atoms with Gasteiger partial charge in [-0.3, -0.25) is 0 Å². The van der Waals surface area contributed by atoms with Crippen LogP contribution in [-0.2, 0) is 13.1 Å². The molecule has 1 aromatic carbocycles. The molecule has 0 aliphatic heterocycles. The molecule has 4 nitrogen and oxygen atoms in total. The molecule has 1 saturated carbocycles. The predicted octanol–water partition coefficient (Wildman–Crippen LogP) is 2.07. The molecule has 0 aromatic heterocycles. The molecule has 2 N–H and O–H groups in total. The van der Waals surface area contributed by atoms with E-state index in [0.29, 0.717) is 12.1 Å². The Morgan fingerprint density at radius 3 is 2.43 bits per heavy atom. The van der Waals surface area contributed by atoms with Crippen LogP contribution in [0.3, 0.4) is 0 Å². The number of rotatable bonds is 7. The van der Waals surface area contributed by atoms with E-state index in [2.05, 4.69) is 43.1 Å². The minimum atomic E-state index is 0.373. The fraction of sp³-hybridized carbons (Fsp3) is 0.647. The lowest BCUT2D eigenvalue weighted by atomic mass is 9.75. The van der Waals surface area contributed by atoms with Crippen LogP contribution >= 0.6 is 0 Å². The van der Waals surface area contributed by atoms with E-state index in [-0.39, 0.29) is 0 Å². The van der Waals surface area contributed by atoms with Crippen LogP contribution in [0.25, 0.3) is 0 Å². The number of benzene rings is 1. The first-order valence-electron chi connectivity index (χ1n) is 7.72. The Balaban J connectivity index is 2.01. The first kappa shape index (κ1) is 16.3. The maximum atomic E-state index is 5.80. The van der Waals surface area contributed by atoms with E-state index in [1.54, 1.807) is 7.11 Å². The summed E-state index contributed by atoms with van der Waals surface area (Å²) in [6.45, 7) is 2.58. The molecule has 21 heavy (non-hydrogen) atoms. The summed E-state index contributed by atoms with van der Waals surface area (Å²) in [6.07, 6.45) is 3.97. The molecule has 0 bridgehead atoms. The lowest BCUT2D eigenvalue weighted by Crippen LogP contribution is -2.56. The largest absolute Gasteiger partial charge is 0.496 e. The Kier molecular flexibility index (Phi) is 5.25. The van der Waals surface area contributed by atoms with Gasteiger partial charge in [0.25, 0.3) is 0 Å². The Morgan fingerprint density at radius 2 is 1.95 bits per heavy atom. The zero-order valence-corrected chi connectivity index (χ0v) is 13.9. The van der Waals surface area contributed by atoms with Crippen molar-refractivity contribution in [2.75, 3.05) is 34.8 Å². The fourth-order valence-corrected chi connectivity index (χ4v) is 3.29. The first-order valence-corrected chi connectivity index (χ1v) is 7.72. The summed E-state index contributed by atoms with van der Waals surface area (Å²) in [5.74, 6) is 0.882. The van der Waals surface area contributed by atoms with E-state index in [9.17, 15) is 0 Å². The van der Waals surface area contributed by atoms with Crippen LogP contribution in [0.2, 0.25) is 0 Å². The highest BCUT2D eigenvalue weighted by Gasteiger charge is 2.39. The van der Waals surface area contributed by atoms with Gasteiger partial charge < -0.3 is 20.3 Å². The van der Waals surface area contributed by atoms with Gasteiger partial charge in [0, 0.05) is 30.7 Å². The van der Waals surface area contributed by atoms with Crippen molar-refractivity contribution in [3.8, 4) is 5.75 Å². The quantitative estimate of drug-likeness (QED) is 0.835. The summed E-state index contributed by atoms with van der Waals surface area (Å²) < 4.78 is 5.33. The molecule has 1 aliphatic carbocycles. The predicted molar refractivity (Wildman–Crippen MR) is 87.5 cm³/mol. The van der Waals surface area contributed by atoms with Crippen molar-refractivity contribution in [2.45, 2.75) is 37.9 Å². The average Bonchev–Trinajstić information content (AvgIpc) is 2.42. The van der Waals surface area contributed by atoms with Crippen molar-refractivity contribution in [1.29, 1.82) is 0 Å². The van der Waals surface area contributed by atoms with Gasteiger partial charge in [-0.2, -0.15) is 0 Å². The number of likely N-dealkylation sites (N-methyl/N-ethyl adjacent to an activating group) is 2. The highest BCUT2D eigenvalue weighted by atomic mass is 16.5. The maximum Gasteiger partial charge on any atom is 0.123 e. The van der Waals surface area contributed by atoms with Crippen LogP contribution in [0, 0.1) is 0 Å². The van der Waals surface area contributed by atoms with Crippen molar-refractivity contribution in [3.63, 3.8) is 0 Å². The number of ether oxygens (including phenoxy) is 1. The molecule has 0 heterocycles. The standard InChI is InChI=1S/C17H29N3O/c1-19(2)17(8-5-9-17)13-20(3)12-14-6-7-16(21-4)15(10-14)11-18/h6-7,10H,5,8-9,11-13,18H2,1-4H3. The molecule has 0 atom stereocenters. The zero-order chi connectivity index (χ0) is 15.5.